The van der Waals surface area contributed by atoms with Crippen molar-refractivity contribution in [3.8, 4) is 0 Å². The van der Waals surface area contributed by atoms with E-state index in [1.165, 1.54) is 12.1 Å². The van der Waals surface area contributed by atoms with Crippen molar-refractivity contribution in [3.05, 3.63) is 41.2 Å². The summed E-state index contributed by atoms with van der Waals surface area (Å²) in [4.78, 5) is 49.3. The number of carbonyl (C=O) groups excluding carboxylic acids is 4. The van der Waals surface area contributed by atoms with E-state index < -0.39 is 24.3 Å². The minimum atomic E-state index is -0.736. The molecule has 1 N–H and O–H groups in total. The van der Waals surface area contributed by atoms with Gasteiger partial charge in [0.1, 0.15) is 5.82 Å². The summed E-state index contributed by atoms with van der Waals surface area (Å²) in [5, 5.41) is 2.45. The van der Waals surface area contributed by atoms with Crippen LogP contribution in [0.2, 0.25) is 5.02 Å². The molecule has 9 heteroatoms. The van der Waals surface area contributed by atoms with Crippen molar-refractivity contribution in [2.75, 3.05) is 18.5 Å². The Morgan fingerprint density at radius 2 is 1.82 bits per heavy atom. The van der Waals surface area contributed by atoms with Crippen LogP contribution in [0.4, 0.5) is 10.1 Å². The molecule has 0 spiro atoms. The first-order valence-electron chi connectivity index (χ1n) is 8.77. The Labute approximate surface area is 165 Å². The number of likely N-dealkylation sites (tertiary alicyclic amines) is 1. The molecule has 2 aliphatic rings. The van der Waals surface area contributed by atoms with E-state index in [0.717, 1.165) is 11.0 Å². The summed E-state index contributed by atoms with van der Waals surface area (Å²) >= 11 is 5.63. The number of nitrogens with one attached hydrogen (secondary N) is 1. The molecule has 1 aliphatic carbocycles. The first-order chi connectivity index (χ1) is 13.4. The highest BCUT2D eigenvalue weighted by Crippen LogP contribution is 2.35. The number of imide groups is 1. The molecule has 0 saturated carbocycles. The highest BCUT2D eigenvalue weighted by molar-refractivity contribution is 6.30. The van der Waals surface area contributed by atoms with Crippen LogP contribution in [-0.2, 0) is 23.9 Å². The van der Waals surface area contributed by atoms with E-state index in [9.17, 15) is 23.6 Å². The summed E-state index contributed by atoms with van der Waals surface area (Å²) in [6, 6.07) is 3.74. The van der Waals surface area contributed by atoms with Gasteiger partial charge < -0.3 is 10.1 Å². The molecule has 7 nitrogen and oxygen atoms in total. The minimum Gasteiger partial charge on any atom is -0.456 e. The number of halogens is 2. The number of amides is 3. The van der Waals surface area contributed by atoms with Crippen LogP contribution >= 0.6 is 11.6 Å². The van der Waals surface area contributed by atoms with Gasteiger partial charge in [0, 0.05) is 11.6 Å². The number of ether oxygens (including phenoxy) is 1. The molecule has 0 radical (unpaired) electrons. The molecule has 3 rings (SSSR count). The Hall–Kier alpha value is -2.74. The van der Waals surface area contributed by atoms with Crippen LogP contribution in [0.3, 0.4) is 0 Å². The number of esters is 1. The van der Waals surface area contributed by atoms with E-state index in [0.29, 0.717) is 12.8 Å². The van der Waals surface area contributed by atoms with Crippen LogP contribution < -0.4 is 5.32 Å². The Kier molecular flexibility index (Phi) is 6.08. The van der Waals surface area contributed by atoms with Crippen molar-refractivity contribution in [2.24, 2.45) is 11.8 Å². The van der Waals surface area contributed by atoms with Gasteiger partial charge in [-0.15, -0.1) is 0 Å². The SMILES string of the molecule is O=C(COC(=O)CCN1C(=O)[C@@H]2CC=CC[C@H]2C1=O)Nc1ccc(Cl)cc1F. The van der Waals surface area contributed by atoms with Crippen LogP contribution in [0.15, 0.2) is 30.4 Å². The molecule has 0 unspecified atom stereocenters. The summed E-state index contributed by atoms with van der Waals surface area (Å²) in [5.74, 6) is -3.43. The molecule has 1 fully saturated rings. The molecule has 0 aromatic heterocycles. The van der Waals surface area contributed by atoms with E-state index in [4.69, 9.17) is 16.3 Å². The fourth-order valence-corrected chi connectivity index (χ4v) is 3.45. The third kappa shape index (κ3) is 4.39. The molecule has 148 valence electrons. The third-order valence-corrected chi connectivity index (χ3v) is 4.94. The first-order valence-corrected chi connectivity index (χ1v) is 9.15. The molecule has 1 heterocycles. The molecule has 28 heavy (non-hydrogen) atoms. The number of carbonyl (C=O) groups is 4. The van der Waals surface area contributed by atoms with Crippen LogP contribution in [0.1, 0.15) is 19.3 Å². The Morgan fingerprint density at radius 3 is 2.43 bits per heavy atom. The molecule has 1 saturated heterocycles. The molecule has 3 amide bonds. The average molecular weight is 409 g/mol. The number of rotatable bonds is 6. The van der Waals surface area contributed by atoms with Gasteiger partial charge in [0.05, 0.1) is 23.9 Å². The third-order valence-electron chi connectivity index (χ3n) is 4.71. The van der Waals surface area contributed by atoms with Gasteiger partial charge in [-0.05, 0) is 31.0 Å². The Balaban J connectivity index is 1.44. The monoisotopic (exact) mass is 408 g/mol. The molecule has 1 aromatic carbocycles. The molecule has 0 bridgehead atoms. The zero-order valence-electron chi connectivity index (χ0n) is 14.8. The van der Waals surface area contributed by atoms with E-state index in [1.54, 1.807) is 0 Å². The fraction of sp³-hybridized carbons (Fsp3) is 0.368. The minimum absolute atomic E-state index is 0.0864. The van der Waals surface area contributed by atoms with Crippen LogP contribution in [-0.4, -0.2) is 41.7 Å². The van der Waals surface area contributed by atoms with E-state index in [1.807, 2.05) is 12.2 Å². The zero-order valence-corrected chi connectivity index (χ0v) is 15.6. The molecule has 1 aliphatic heterocycles. The normalized spacial score (nSPS) is 20.9. The lowest BCUT2D eigenvalue weighted by molar-refractivity contribution is -0.148. The number of nitrogens with zero attached hydrogens (tertiary/aromatic N) is 1. The van der Waals surface area contributed by atoms with Gasteiger partial charge in [-0.25, -0.2) is 4.39 Å². The standard InChI is InChI=1S/C19H18ClFN2O5/c20-11-5-6-15(14(21)9-11)22-16(24)10-28-17(25)7-8-23-18(26)12-3-1-2-4-13(12)19(23)27/h1-2,5-6,9,12-13H,3-4,7-8,10H2,(H,22,24)/t12-,13-/m1/s1. The fourth-order valence-electron chi connectivity index (χ4n) is 3.29. The number of hydrogen-bond donors (Lipinski definition) is 1. The van der Waals surface area contributed by atoms with E-state index in [-0.39, 0.29) is 47.3 Å². The lowest BCUT2D eigenvalue weighted by Crippen LogP contribution is -2.33. The molecule has 2 atom stereocenters. The van der Waals surface area contributed by atoms with Crippen molar-refractivity contribution in [1.29, 1.82) is 0 Å². The Morgan fingerprint density at radius 1 is 1.18 bits per heavy atom. The van der Waals surface area contributed by atoms with Gasteiger partial charge in [0.2, 0.25) is 11.8 Å². The highest BCUT2D eigenvalue weighted by Gasteiger charge is 2.46. The first kappa shape index (κ1) is 20.0. The maximum atomic E-state index is 13.6. The predicted octanol–water partition coefficient (Wildman–Crippen LogP) is 2.30. The van der Waals surface area contributed by atoms with Crippen molar-refractivity contribution >= 4 is 41.0 Å². The van der Waals surface area contributed by atoms with Gasteiger partial charge in [-0.3, -0.25) is 24.1 Å². The zero-order chi connectivity index (χ0) is 20.3. The van der Waals surface area contributed by atoms with Gasteiger partial charge in [-0.1, -0.05) is 23.8 Å². The quantitative estimate of drug-likeness (QED) is 0.443. The van der Waals surface area contributed by atoms with Crippen LogP contribution in [0.5, 0.6) is 0 Å². The lowest BCUT2D eigenvalue weighted by Gasteiger charge is -2.14. The largest absolute Gasteiger partial charge is 0.456 e. The average Bonchev–Trinajstić information content (AvgIpc) is 2.91. The van der Waals surface area contributed by atoms with Crippen LogP contribution in [0, 0.1) is 17.7 Å². The van der Waals surface area contributed by atoms with Gasteiger partial charge in [0.25, 0.3) is 5.91 Å². The highest BCUT2D eigenvalue weighted by atomic mass is 35.5. The van der Waals surface area contributed by atoms with E-state index in [2.05, 4.69) is 5.32 Å². The summed E-state index contributed by atoms with van der Waals surface area (Å²) in [6.07, 6.45) is 4.60. The number of anilines is 1. The molecule has 1 aromatic rings. The van der Waals surface area contributed by atoms with E-state index >= 15 is 0 Å². The number of fused-ring (bicyclic) bond motifs is 1. The number of hydrogen-bond acceptors (Lipinski definition) is 5. The summed E-state index contributed by atoms with van der Waals surface area (Å²) in [5.41, 5.74) is -0.0880. The Bertz CT molecular complexity index is 831. The second-order valence-electron chi connectivity index (χ2n) is 6.57. The second kappa shape index (κ2) is 8.52. The van der Waals surface area contributed by atoms with Gasteiger partial charge in [0.15, 0.2) is 6.61 Å². The van der Waals surface area contributed by atoms with Crippen molar-refractivity contribution < 1.29 is 28.3 Å². The maximum Gasteiger partial charge on any atom is 0.308 e. The second-order valence-corrected chi connectivity index (χ2v) is 7.00. The number of allylic oxidation sites excluding steroid dienone is 2. The smallest absolute Gasteiger partial charge is 0.308 e. The maximum absolute atomic E-state index is 13.6. The van der Waals surface area contributed by atoms with Gasteiger partial charge in [-0.2, -0.15) is 0 Å². The molecular formula is C19H18ClFN2O5. The van der Waals surface area contributed by atoms with Crippen molar-refractivity contribution in [2.45, 2.75) is 19.3 Å². The summed E-state index contributed by atoms with van der Waals surface area (Å²) in [7, 11) is 0. The lowest BCUT2D eigenvalue weighted by atomic mass is 9.85. The molecular weight excluding hydrogens is 391 g/mol. The summed E-state index contributed by atoms with van der Waals surface area (Å²) < 4.78 is 18.4. The van der Waals surface area contributed by atoms with Gasteiger partial charge >= 0.3 is 5.97 Å². The number of benzene rings is 1. The van der Waals surface area contributed by atoms with Crippen LogP contribution in [0.25, 0.3) is 0 Å². The topological polar surface area (TPSA) is 92.8 Å². The summed E-state index contributed by atoms with van der Waals surface area (Å²) in [6.45, 7) is -0.700. The predicted molar refractivity (Wildman–Crippen MR) is 97.7 cm³/mol. The van der Waals surface area contributed by atoms with Crippen molar-refractivity contribution in [1.82, 2.24) is 4.90 Å². The van der Waals surface area contributed by atoms with Crippen molar-refractivity contribution in [3.63, 3.8) is 0 Å².